The van der Waals surface area contributed by atoms with Crippen LogP contribution in [0.15, 0.2) is 22.7 Å². The first kappa shape index (κ1) is 16.1. The Labute approximate surface area is 121 Å². The lowest BCUT2D eigenvalue weighted by atomic mass is 10.2. The number of benzene rings is 1. The molecule has 0 aliphatic rings. The van der Waals surface area contributed by atoms with Crippen LogP contribution < -0.4 is 11.1 Å². The Morgan fingerprint density at radius 3 is 2.63 bits per heavy atom. The Hall–Kier alpha value is -0.920. The summed E-state index contributed by atoms with van der Waals surface area (Å²) in [5.41, 5.74) is 7.34. The topological polar surface area (TPSA) is 89.3 Å². The molecule has 0 saturated carbocycles. The number of carbonyl (C=O) groups excluding carboxylic acids is 1. The highest BCUT2D eigenvalue weighted by Crippen LogP contribution is 2.23. The van der Waals surface area contributed by atoms with Gasteiger partial charge in [-0.3, -0.25) is 4.79 Å². The van der Waals surface area contributed by atoms with Crippen LogP contribution in [0.2, 0.25) is 0 Å². The maximum Gasteiger partial charge on any atom is 0.241 e. The molecule has 0 bridgehead atoms. The second-order valence-electron chi connectivity index (χ2n) is 4.50. The quantitative estimate of drug-likeness (QED) is 0.842. The third kappa shape index (κ3) is 5.71. The van der Waals surface area contributed by atoms with Gasteiger partial charge in [0.25, 0.3) is 0 Å². The van der Waals surface area contributed by atoms with Gasteiger partial charge in [0.2, 0.25) is 5.91 Å². The highest BCUT2D eigenvalue weighted by atomic mass is 79.9. The molecule has 0 aromatic heterocycles. The standard InChI is InChI=1S/C12H17BrN2O3S/c1-8-3-4-11(9(13)7-8)15-12(16)10(14)5-6-19(2,17)18/h3-4,7,10H,5-6,14H2,1-2H3,(H,15,16). The second kappa shape index (κ2) is 6.49. The molecule has 1 rings (SSSR count). The Morgan fingerprint density at radius 2 is 2.11 bits per heavy atom. The van der Waals surface area contributed by atoms with E-state index in [0.717, 1.165) is 16.3 Å². The number of hydrogen-bond donors (Lipinski definition) is 2. The van der Waals surface area contributed by atoms with E-state index in [0.29, 0.717) is 5.69 Å². The third-order valence-electron chi connectivity index (χ3n) is 2.52. The average molecular weight is 349 g/mol. The summed E-state index contributed by atoms with van der Waals surface area (Å²) in [6.07, 6.45) is 1.22. The number of anilines is 1. The zero-order valence-corrected chi connectivity index (χ0v) is 13.2. The largest absolute Gasteiger partial charge is 0.324 e. The van der Waals surface area contributed by atoms with Crippen molar-refractivity contribution in [3.05, 3.63) is 28.2 Å². The Kier molecular flexibility index (Phi) is 5.51. The Morgan fingerprint density at radius 1 is 1.47 bits per heavy atom. The molecule has 106 valence electrons. The van der Waals surface area contributed by atoms with Crippen molar-refractivity contribution in [2.45, 2.75) is 19.4 Å². The lowest BCUT2D eigenvalue weighted by Gasteiger charge is -2.13. The zero-order valence-electron chi connectivity index (χ0n) is 10.8. The van der Waals surface area contributed by atoms with E-state index in [2.05, 4.69) is 21.2 Å². The van der Waals surface area contributed by atoms with Crippen LogP contribution in [0.4, 0.5) is 5.69 Å². The van der Waals surface area contributed by atoms with Crippen LogP contribution in [0.1, 0.15) is 12.0 Å². The molecule has 0 radical (unpaired) electrons. The number of amides is 1. The monoisotopic (exact) mass is 348 g/mol. The number of aryl methyl sites for hydroxylation is 1. The number of carbonyl (C=O) groups is 1. The maximum atomic E-state index is 11.8. The van der Waals surface area contributed by atoms with Gasteiger partial charge in [-0.15, -0.1) is 0 Å². The van der Waals surface area contributed by atoms with Crippen molar-refractivity contribution < 1.29 is 13.2 Å². The molecule has 1 unspecified atom stereocenters. The van der Waals surface area contributed by atoms with Gasteiger partial charge >= 0.3 is 0 Å². The van der Waals surface area contributed by atoms with Crippen LogP contribution in [-0.4, -0.2) is 32.4 Å². The van der Waals surface area contributed by atoms with Crippen molar-refractivity contribution in [1.82, 2.24) is 0 Å². The molecule has 3 N–H and O–H groups in total. The van der Waals surface area contributed by atoms with Gasteiger partial charge in [0.1, 0.15) is 9.84 Å². The first-order valence-corrected chi connectivity index (χ1v) is 8.55. The summed E-state index contributed by atoms with van der Waals surface area (Å²) in [5.74, 6) is -0.496. The first-order valence-electron chi connectivity index (χ1n) is 5.69. The molecular weight excluding hydrogens is 332 g/mol. The molecule has 0 fully saturated rings. The van der Waals surface area contributed by atoms with Crippen molar-refractivity contribution in [2.24, 2.45) is 5.73 Å². The van der Waals surface area contributed by atoms with E-state index in [1.807, 2.05) is 19.1 Å². The fourth-order valence-electron chi connectivity index (χ4n) is 1.42. The summed E-state index contributed by atoms with van der Waals surface area (Å²) >= 11 is 3.34. The molecule has 0 aliphatic carbocycles. The van der Waals surface area contributed by atoms with Crippen molar-refractivity contribution >= 4 is 37.4 Å². The smallest absolute Gasteiger partial charge is 0.241 e. The van der Waals surface area contributed by atoms with Crippen LogP contribution in [-0.2, 0) is 14.6 Å². The van der Waals surface area contributed by atoms with E-state index in [1.165, 1.54) is 0 Å². The van der Waals surface area contributed by atoms with Gasteiger partial charge in [0, 0.05) is 10.7 Å². The highest BCUT2D eigenvalue weighted by molar-refractivity contribution is 9.10. The summed E-state index contributed by atoms with van der Waals surface area (Å²) in [5, 5.41) is 2.67. The fraction of sp³-hybridized carbons (Fsp3) is 0.417. The zero-order chi connectivity index (χ0) is 14.6. The van der Waals surface area contributed by atoms with Gasteiger partial charge < -0.3 is 11.1 Å². The predicted molar refractivity (Wildman–Crippen MR) is 79.8 cm³/mol. The number of halogens is 1. The van der Waals surface area contributed by atoms with E-state index >= 15 is 0 Å². The minimum Gasteiger partial charge on any atom is -0.324 e. The molecular formula is C12H17BrN2O3S. The molecule has 1 atom stereocenters. The van der Waals surface area contributed by atoms with Crippen LogP contribution in [0.3, 0.4) is 0 Å². The number of rotatable bonds is 5. The van der Waals surface area contributed by atoms with E-state index in [-0.39, 0.29) is 12.2 Å². The van der Waals surface area contributed by atoms with Crippen LogP contribution in [0.5, 0.6) is 0 Å². The third-order valence-corrected chi connectivity index (χ3v) is 4.15. The number of nitrogens with one attached hydrogen (secondary N) is 1. The molecule has 1 amide bonds. The highest BCUT2D eigenvalue weighted by Gasteiger charge is 2.16. The van der Waals surface area contributed by atoms with E-state index in [9.17, 15) is 13.2 Å². The number of hydrogen-bond acceptors (Lipinski definition) is 4. The fourth-order valence-corrected chi connectivity index (χ4v) is 2.69. The van der Waals surface area contributed by atoms with Crippen LogP contribution in [0, 0.1) is 6.92 Å². The number of nitrogens with two attached hydrogens (primary N) is 1. The molecule has 0 aliphatic heterocycles. The molecule has 1 aromatic rings. The SMILES string of the molecule is Cc1ccc(NC(=O)C(N)CCS(C)(=O)=O)c(Br)c1. The summed E-state index contributed by atoms with van der Waals surface area (Å²) in [4.78, 5) is 11.8. The molecule has 0 heterocycles. The molecule has 0 spiro atoms. The van der Waals surface area contributed by atoms with Gasteiger partial charge in [-0.2, -0.15) is 0 Å². The van der Waals surface area contributed by atoms with Gasteiger partial charge in [0.05, 0.1) is 17.5 Å². The maximum absolute atomic E-state index is 11.8. The van der Waals surface area contributed by atoms with Gasteiger partial charge in [0.15, 0.2) is 0 Å². The summed E-state index contributed by atoms with van der Waals surface area (Å²) in [6.45, 7) is 1.94. The molecule has 0 saturated heterocycles. The summed E-state index contributed by atoms with van der Waals surface area (Å²) < 4.78 is 22.8. The second-order valence-corrected chi connectivity index (χ2v) is 7.61. The lowest BCUT2D eigenvalue weighted by Crippen LogP contribution is -2.37. The van der Waals surface area contributed by atoms with Crippen LogP contribution >= 0.6 is 15.9 Å². The molecule has 5 nitrogen and oxygen atoms in total. The minimum absolute atomic E-state index is 0.101. The predicted octanol–water partition coefficient (Wildman–Crippen LogP) is 1.46. The Balaban J connectivity index is 2.64. The van der Waals surface area contributed by atoms with Gasteiger partial charge in [-0.1, -0.05) is 6.07 Å². The van der Waals surface area contributed by atoms with Crippen molar-refractivity contribution in [2.75, 3.05) is 17.3 Å². The number of sulfone groups is 1. The Bertz CT molecular complexity index is 572. The van der Waals surface area contributed by atoms with Gasteiger partial charge in [-0.05, 0) is 47.0 Å². The molecule has 19 heavy (non-hydrogen) atoms. The van der Waals surface area contributed by atoms with Crippen molar-refractivity contribution in [3.8, 4) is 0 Å². The normalized spacial score (nSPS) is 13.1. The molecule has 1 aromatic carbocycles. The van der Waals surface area contributed by atoms with Crippen LogP contribution in [0.25, 0.3) is 0 Å². The average Bonchev–Trinajstić information content (AvgIpc) is 2.28. The summed E-state index contributed by atoms with van der Waals surface area (Å²) in [7, 11) is -3.11. The van der Waals surface area contributed by atoms with E-state index < -0.39 is 21.8 Å². The lowest BCUT2D eigenvalue weighted by molar-refractivity contribution is -0.117. The van der Waals surface area contributed by atoms with Crippen molar-refractivity contribution in [3.63, 3.8) is 0 Å². The minimum atomic E-state index is -3.11. The first-order chi connectivity index (χ1) is 8.69. The van der Waals surface area contributed by atoms with Gasteiger partial charge in [-0.25, -0.2) is 8.42 Å². The summed E-state index contributed by atoms with van der Waals surface area (Å²) in [6, 6.07) is 4.66. The van der Waals surface area contributed by atoms with E-state index in [4.69, 9.17) is 5.73 Å². The molecule has 7 heteroatoms. The van der Waals surface area contributed by atoms with E-state index in [1.54, 1.807) is 6.07 Å². The van der Waals surface area contributed by atoms with Crippen molar-refractivity contribution in [1.29, 1.82) is 0 Å².